The van der Waals surface area contributed by atoms with Crippen molar-refractivity contribution in [2.45, 2.75) is 44.8 Å². The first-order valence-electron chi connectivity index (χ1n) is 9.25. The van der Waals surface area contributed by atoms with Crippen LogP contribution in [-0.2, 0) is 9.53 Å². The lowest BCUT2D eigenvalue weighted by atomic mass is 9.86. The summed E-state index contributed by atoms with van der Waals surface area (Å²) >= 11 is 0. The third-order valence-corrected chi connectivity index (χ3v) is 5.35. The molecule has 1 aromatic heterocycles. The van der Waals surface area contributed by atoms with Gasteiger partial charge in [0.05, 0.1) is 18.8 Å². The molecule has 2 heterocycles. The lowest BCUT2D eigenvalue weighted by Gasteiger charge is -2.30. The van der Waals surface area contributed by atoms with Crippen LogP contribution >= 0.6 is 0 Å². The molecule has 0 bridgehead atoms. The van der Waals surface area contributed by atoms with Gasteiger partial charge in [-0.25, -0.2) is 4.98 Å². The minimum absolute atomic E-state index is 0.0113. The van der Waals surface area contributed by atoms with Crippen molar-refractivity contribution in [1.29, 1.82) is 0 Å². The summed E-state index contributed by atoms with van der Waals surface area (Å²) in [5.74, 6) is 0.490. The van der Waals surface area contributed by atoms with Crippen LogP contribution in [0.15, 0.2) is 18.2 Å². The number of ether oxygens (including phenoxy) is 2. The van der Waals surface area contributed by atoms with E-state index < -0.39 is 17.6 Å². The molecule has 1 saturated heterocycles. The molecule has 2 unspecified atom stereocenters. The van der Waals surface area contributed by atoms with E-state index in [-0.39, 0.29) is 18.4 Å². The summed E-state index contributed by atoms with van der Waals surface area (Å²) < 4.78 is 11.1. The highest BCUT2D eigenvalue weighted by Gasteiger charge is 2.45. The van der Waals surface area contributed by atoms with Crippen molar-refractivity contribution in [3.8, 4) is 5.88 Å². The first kappa shape index (κ1) is 19.1. The Hall–Kier alpha value is -1.70. The second-order valence-electron chi connectivity index (χ2n) is 7.55. The number of nitrogens with one attached hydrogen (secondary N) is 1. The number of aliphatic hydroxyl groups excluding tert-OH is 2. The predicted molar refractivity (Wildman–Crippen MR) is 94.7 cm³/mol. The Morgan fingerprint density at radius 1 is 1.31 bits per heavy atom. The van der Waals surface area contributed by atoms with Crippen LogP contribution < -0.4 is 10.1 Å². The van der Waals surface area contributed by atoms with Gasteiger partial charge in [-0.3, -0.25) is 4.79 Å². The van der Waals surface area contributed by atoms with Crippen molar-refractivity contribution < 1.29 is 24.5 Å². The first-order chi connectivity index (χ1) is 12.5. The van der Waals surface area contributed by atoms with Crippen LogP contribution in [0.5, 0.6) is 5.88 Å². The van der Waals surface area contributed by atoms with Gasteiger partial charge in [-0.1, -0.05) is 6.07 Å². The van der Waals surface area contributed by atoms with Crippen LogP contribution in [0.25, 0.3) is 0 Å². The van der Waals surface area contributed by atoms with E-state index in [1.165, 1.54) is 0 Å². The Morgan fingerprint density at radius 2 is 2.00 bits per heavy atom. The van der Waals surface area contributed by atoms with Gasteiger partial charge in [0, 0.05) is 42.9 Å². The summed E-state index contributed by atoms with van der Waals surface area (Å²) in [6, 6.07) is 5.54. The molecule has 2 fully saturated rings. The molecule has 144 valence electrons. The molecule has 1 aliphatic carbocycles. The number of hydrogen-bond acceptors (Lipinski definition) is 6. The molecule has 7 heteroatoms. The summed E-state index contributed by atoms with van der Waals surface area (Å²) in [5, 5.41) is 23.1. The van der Waals surface area contributed by atoms with Gasteiger partial charge in [-0.15, -0.1) is 0 Å². The zero-order valence-corrected chi connectivity index (χ0v) is 15.2. The smallest absolute Gasteiger partial charge is 0.223 e. The van der Waals surface area contributed by atoms with Crippen molar-refractivity contribution in [1.82, 2.24) is 10.3 Å². The second-order valence-corrected chi connectivity index (χ2v) is 7.55. The van der Waals surface area contributed by atoms with E-state index in [0.717, 1.165) is 18.5 Å². The first-order valence-corrected chi connectivity index (χ1v) is 9.25. The van der Waals surface area contributed by atoms with Gasteiger partial charge in [0.15, 0.2) is 0 Å². The van der Waals surface area contributed by atoms with Crippen LogP contribution in [0.4, 0.5) is 0 Å². The van der Waals surface area contributed by atoms with E-state index in [0.29, 0.717) is 38.5 Å². The summed E-state index contributed by atoms with van der Waals surface area (Å²) in [5.41, 5.74) is 0.348. The Bertz CT molecular complexity index is 608. The number of rotatable bonds is 6. The fourth-order valence-electron chi connectivity index (χ4n) is 3.76. The molecule has 1 saturated carbocycles. The van der Waals surface area contributed by atoms with Gasteiger partial charge in [-0.05, 0) is 38.7 Å². The van der Waals surface area contributed by atoms with Gasteiger partial charge >= 0.3 is 0 Å². The molecule has 0 radical (unpaired) electrons. The number of nitrogens with zero attached hydrogens (tertiary/aromatic N) is 1. The van der Waals surface area contributed by atoms with Crippen molar-refractivity contribution in [3.05, 3.63) is 23.9 Å². The highest BCUT2D eigenvalue weighted by Crippen LogP contribution is 2.38. The van der Waals surface area contributed by atoms with Crippen LogP contribution in [-0.4, -0.2) is 59.7 Å². The highest BCUT2D eigenvalue weighted by molar-refractivity contribution is 5.78. The van der Waals surface area contributed by atoms with Crippen LogP contribution in [0.2, 0.25) is 0 Å². The number of hydrogen-bond donors (Lipinski definition) is 3. The number of aromatic nitrogens is 1. The quantitative estimate of drug-likeness (QED) is 0.691. The molecule has 26 heavy (non-hydrogen) atoms. The maximum Gasteiger partial charge on any atom is 0.223 e. The van der Waals surface area contributed by atoms with Crippen LogP contribution in [0.1, 0.15) is 31.4 Å². The predicted octanol–water partition coefficient (Wildman–Crippen LogP) is 0.814. The number of aryl methyl sites for hydroxylation is 1. The van der Waals surface area contributed by atoms with Crippen molar-refractivity contribution >= 4 is 5.91 Å². The van der Waals surface area contributed by atoms with Crippen LogP contribution in [0.3, 0.4) is 0 Å². The third kappa shape index (κ3) is 4.72. The van der Waals surface area contributed by atoms with Gasteiger partial charge in [0.25, 0.3) is 0 Å². The number of carbonyl (C=O) groups is 1. The molecule has 3 rings (SSSR count). The number of aliphatic hydroxyl groups is 2. The summed E-state index contributed by atoms with van der Waals surface area (Å²) in [6.07, 6.45) is 0.622. The molecule has 0 aromatic carbocycles. The Balaban J connectivity index is 1.61. The molecule has 1 amide bonds. The molecule has 3 N–H and O–H groups in total. The highest BCUT2D eigenvalue weighted by atomic mass is 16.5. The molecule has 2 aliphatic rings. The van der Waals surface area contributed by atoms with Gasteiger partial charge in [0.1, 0.15) is 0 Å². The van der Waals surface area contributed by atoms with Crippen molar-refractivity contribution in [2.24, 2.45) is 11.3 Å². The molecule has 7 nitrogen and oxygen atoms in total. The topological polar surface area (TPSA) is 101 Å². The summed E-state index contributed by atoms with van der Waals surface area (Å²) in [4.78, 5) is 16.8. The minimum Gasteiger partial charge on any atom is -0.477 e. The average molecular weight is 364 g/mol. The largest absolute Gasteiger partial charge is 0.477 e. The molecule has 2 atom stereocenters. The number of amides is 1. The molecule has 1 aromatic rings. The van der Waals surface area contributed by atoms with Crippen molar-refractivity contribution in [2.75, 3.05) is 26.4 Å². The zero-order valence-electron chi connectivity index (χ0n) is 15.2. The summed E-state index contributed by atoms with van der Waals surface area (Å²) in [7, 11) is 0. The van der Waals surface area contributed by atoms with E-state index >= 15 is 0 Å². The SMILES string of the molecule is Cc1cccc(OCC2(CNC(=O)C3CCOCC3)CC(O)C(O)C2)n1. The lowest BCUT2D eigenvalue weighted by Crippen LogP contribution is -2.43. The van der Waals surface area contributed by atoms with Gasteiger partial charge in [-0.2, -0.15) is 0 Å². The second kappa shape index (κ2) is 8.33. The molecule has 0 spiro atoms. The van der Waals surface area contributed by atoms with E-state index in [1.54, 1.807) is 6.07 Å². The fraction of sp³-hybridized carbons (Fsp3) is 0.684. The molecular weight excluding hydrogens is 336 g/mol. The van der Waals surface area contributed by atoms with Crippen molar-refractivity contribution in [3.63, 3.8) is 0 Å². The van der Waals surface area contributed by atoms with E-state index in [1.807, 2.05) is 19.1 Å². The number of pyridine rings is 1. The maximum atomic E-state index is 12.4. The molecule has 1 aliphatic heterocycles. The standard InChI is InChI=1S/C19H28N2O5/c1-13-3-2-4-17(21-13)26-12-19(9-15(22)16(23)10-19)11-20-18(24)14-5-7-25-8-6-14/h2-4,14-16,22-23H,5-12H2,1H3,(H,20,24). The van der Waals surface area contributed by atoms with E-state index in [4.69, 9.17) is 9.47 Å². The fourth-order valence-corrected chi connectivity index (χ4v) is 3.76. The Labute approximate surface area is 153 Å². The maximum absolute atomic E-state index is 12.4. The monoisotopic (exact) mass is 364 g/mol. The number of carbonyl (C=O) groups excluding carboxylic acids is 1. The average Bonchev–Trinajstić information content (AvgIpc) is 2.93. The molecular formula is C19H28N2O5. The van der Waals surface area contributed by atoms with E-state index in [2.05, 4.69) is 10.3 Å². The Kier molecular flexibility index (Phi) is 6.11. The third-order valence-electron chi connectivity index (χ3n) is 5.35. The normalized spacial score (nSPS) is 29.5. The zero-order chi connectivity index (χ0) is 18.6. The van der Waals surface area contributed by atoms with Gasteiger partial charge in [0.2, 0.25) is 11.8 Å². The van der Waals surface area contributed by atoms with Crippen LogP contribution in [0, 0.1) is 18.3 Å². The minimum atomic E-state index is -0.802. The lowest BCUT2D eigenvalue weighted by molar-refractivity contribution is -0.128. The Morgan fingerprint density at radius 3 is 2.65 bits per heavy atom. The van der Waals surface area contributed by atoms with Gasteiger partial charge < -0.3 is 25.0 Å². The summed E-state index contributed by atoms with van der Waals surface area (Å²) in [6.45, 7) is 3.76. The van der Waals surface area contributed by atoms with E-state index in [9.17, 15) is 15.0 Å².